The molecule has 0 N–H and O–H groups in total. The second-order valence-corrected chi connectivity index (χ2v) is 5.99. The van der Waals surface area contributed by atoms with Crippen LogP contribution in [0.1, 0.15) is 34.7 Å². The molecule has 0 saturated carbocycles. The Hall–Kier alpha value is -1.56. The molecule has 1 unspecified atom stereocenters. The van der Waals surface area contributed by atoms with Crippen molar-refractivity contribution < 1.29 is 0 Å². The Labute approximate surface area is 116 Å². The lowest BCUT2D eigenvalue weighted by molar-refractivity contribution is 0.627. The molecule has 0 fully saturated rings. The number of benzene rings is 2. The molecule has 0 amide bonds. The molecule has 1 aliphatic rings. The van der Waals surface area contributed by atoms with Crippen molar-refractivity contribution in [3.05, 3.63) is 70.3 Å². The highest BCUT2D eigenvalue weighted by molar-refractivity contribution is 5.43. The second-order valence-electron chi connectivity index (χ2n) is 5.99. The number of hydrogen-bond acceptors (Lipinski definition) is 0. The summed E-state index contributed by atoms with van der Waals surface area (Å²) in [6.07, 6.45) is 4.86. The van der Waals surface area contributed by atoms with E-state index in [4.69, 9.17) is 0 Å². The van der Waals surface area contributed by atoms with Crippen molar-refractivity contribution in [1.29, 1.82) is 0 Å². The van der Waals surface area contributed by atoms with Gasteiger partial charge in [-0.2, -0.15) is 0 Å². The van der Waals surface area contributed by atoms with E-state index >= 15 is 0 Å². The molecule has 3 rings (SSSR count). The topological polar surface area (TPSA) is 0 Å². The third kappa shape index (κ3) is 2.58. The van der Waals surface area contributed by atoms with Crippen LogP contribution in [-0.2, 0) is 25.7 Å². The van der Waals surface area contributed by atoms with Gasteiger partial charge in [0.25, 0.3) is 0 Å². The molecule has 0 nitrogen and oxygen atoms in total. The molecule has 1 atom stereocenters. The lowest BCUT2D eigenvalue weighted by atomic mass is 9.94. The van der Waals surface area contributed by atoms with Crippen LogP contribution in [0.15, 0.2) is 42.5 Å². The number of hydrogen-bond donors (Lipinski definition) is 0. The molecule has 2 aromatic carbocycles. The third-order valence-electron chi connectivity index (χ3n) is 4.45. The summed E-state index contributed by atoms with van der Waals surface area (Å²) in [5.74, 6) is 0.832. The van der Waals surface area contributed by atoms with Gasteiger partial charge in [0.15, 0.2) is 0 Å². The lowest BCUT2D eigenvalue weighted by Crippen LogP contribution is -1.98. The van der Waals surface area contributed by atoms with Crippen molar-refractivity contribution in [2.45, 2.75) is 39.5 Å². The van der Waals surface area contributed by atoms with Gasteiger partial charge in [-0.05, 0) is 66.3 Å². The molecular weight excluding hydrogens is 228 g/mol. The minimum absolute atomic E-state index is 0.832. The van der Waals surface area contributed by atoms with Crippen LogP contribution < -0.4 is 0 Å². The van der Waals surface area contributed by atoms with Crippen LogP contribution in [0.25, 0.3) is 0 Å². The molecule has 0 saturated heterocycles. The predicted octanol–water partition coefficient (Wildman–Crippen LogP) is 4.51. The first-order valence-electron chi connectivity index (χ1n) is 7.38. The maximum Gasteiger partial charge on any atom is -0.0236 e. The lowest BCUT2D eigenvalue weighted by Gasteiger charge is -2.11. The van der Waals surface area contributed by atoms with E-state index in [0.29, 0.717) is 0 Å². The summed E-state index contributed by atoms with van der Waals surface area (Å²) in [5, 5.41) is 0. The first kappa shape index (κ1) is 12.5. The van der Waals surface area contributed by atoms with Gasteiger partial charge in [0.1, 0.15) is 0 Å². The Morgan fingerprint density at radius 2 is 1.74 bits per heavy atom. The predicted molar refractivity (Wildman–Crippen MR) is 81.6 cm³/mol. The Bertz CT molecular complexity index is 566. The Balaban J connectivity index is 1.78. The molecule has 0 radical (unpaired) electrons. The quantitative estimate of drug-likeness (QED) is 0.751. The average Bonchev–Trinajstić information content (AvgIpc) is 2.81. The summed E-state index contributed by atoms with van der Waals surface area (Å²) >= 11 is 0. The molecule has 0 heterocycles. The number of fused-ring (bicyclic) bond motifs is 1. The Kier molecular flexibility index (Phi) is 3.42. The molecule has 0 spiro atoms. The van der Waals surface area contributed by atoms with Crippen molar-refractivity contribution >= 4 is 0 Å². The van der Waals surface area contributed by atoms with Crippen LogP contribution in [0, 0.1) is 12.8 Å². The fourth-order valence-electron chi connectivity index (χ4n) is 3.33. The summed E-state index contributed by atoms with van der Waals surface area (Å²) in [5.41, 5.74) is 7.76. The maximum absolute atomic E-state index is 2.37. The van der Waals surface area contributed by atoms with Crippen LogP contribution in [-0.4, -0.2) is 0 Å². The summed E-state index contributed by atoms with van der Waals surface area (Å²) < 4.78 is 0. The highest BCUT2D eigenvalue weighted by Crippen LogP contribution is 2.31. The van der Waals surface area contributed by atoms with E-state index in [-0.39, 0.29) is 0 Å². The van der Waals surface area contributed by atoms with Crippen LogP contribution in [0.3, 0.4) is 0 Å². The Morgan fingerprint density at radius 1 is 0.947 bits per heavy atom. The molecule has 19 heavy (non-hydrogen) atoms. The summed E-state index contributed by atoms with van der Waals surface area (Å²) in [6.45, 7) is 4.68. The standard InChI is InChI=1S/C19H22/c1-14-12-18-11-10-17(15(2)19(18)13-14)9-8-16-6-4-3-5-7-16/h3-7,10-11,14H,8-9,12-13H2,1-2H3. The smallest absolute Gasteiger partial charge is 0.0236 e. The second kappa shape index (κ2) is 5.21. The molecule has 0 bridgehead atoms. The zero-order chi connectivity index (χ0) is 13.2. The normalized spacial score (nSPS) is 17.5. The zero-order valence-electron chi connectivity index (χ0n) is 11.9. The summed E-state index contributed by atoms with van der Waals surface area (Å²) in [7, 11) is 0. The van der Waals surface area contributed by atoms with Crippen LogP contribution in [0.2, 0.25) is 0 Å². The van der Waals surface area contributed by atoms with E-state index < -0.39 is 0 Å². The van der Waals surface area contributed by atoms with E-state index in [1.54, 1.807) is 16.7 Å². The molecule has 0 aliphatic heterocycles. The highest BCUT2D eigenvalue weighted by Gasteiger charge is 2.20. The average molecular weight is 250 g/mol. The van der Waals surface area contributed by atoms with Crippen molar-refractivity contribution in [2.75, 3.05) is 0 Å². The first-order chi connectivity index (χ1) is 9.24. The molecule has 98 valence electrons. The van der Waals surface area contributed by atoms with E-state index in [9.17, 15) is 0 Å². The number of rotatable bonds is 3. The van der Waals surface area contributed by atoms with E-state index in [1.165, 1.54) is 24.0 Å². The summed E-state index contributed by atoms with van der Waals surface area (Å²) in [6, 6.07) is 15.5. The van der Waals surface area contributed by atoms with Gasteiger partial charge < -0.3 is 0 Å². The van der Waals surface area contributed by atoms with Crippen LogP contribution in [0.4, 0.5) is 0 Å². The van der Waals surface area contributed by atoms with Crippen molar-refractivity contribution in [2.24, 2.45) is 5.92 Å². The minimum atomic E-state index is 0.832. The number of aryl methyl sites for hydroxylation is 2. The SMILES string of the molecule is Cc1c(CCc2ccccc2)ccc2c1CC(C)C2. The molecular formula is C19H22. The van der Waals surface area contributed by atoms with Gasteiger partial charge in [-0.25, -0.2) is 0 Å². The van der Waals surface area contributed by atoms with Gasteiger partial charge in [-0.3, -0.25) is 0 Å². The van der Waals surface area contributed by atoms with Crippen LogP contribution in [0.5, 0.6) is 0 Å². The molecule has 1 aliphatic carbocycles. The highest BCUT2D eigenvalue weighted by atomic mass is 14.2. The van der Waals surface area contributed by atoms with Gasteiger partial charge in [0.05, 0.1) is 0 Å². The van der Waals surface area contributed by atoms with E-state index in [0.717, 1.165) is 18.8 Å². The zero-order valence-corrected chi connectivity index (χ0v) is 11.9. The van der Waals surface area contributed by atoms with Crippen molar-refractivity contribution in [1.82, 2.24) is 0 Å². The van der Waals surface area contributed by atoms with Gasteiger partial charge in [-0.15, -0.1) is 0 Å². The maximum atomic E-state index is 2.37. The fraction of sp³-hybridized carbons (Fsp3) is 0.368. The fourth-order valence-corrected chi connectivity index (χ4v) is 3.33. The monoisotopic (exact) mass is 250 g/mol. The minimum Gasteiger partial charge on any atom is -0.0622 e. The van der Waals surface area contributed by atoms with Crippen molar-refractivity contribution in [3.8, 4) is 0 Å². The third-order valence-corrected chi connectivity index (χ3v) is 4.45. The molecule has 0 aromatic heterocycles. The Morgan fingerprint density at radius 3 is 2.53 bits per heavy atom. The molecule has 2 aromatic rings. The van der Waals surface area contributed by atoms with Gasteiger partial charge >= 0.3 is 0 Å². The van der Waals surface area contributed by atoms with Gasteiger partial charge in [-0.1, -0.05) is 49.4 Å². The molecule has 0 heteroatoms. The van der Waals surface area contributed by atoms with Crippen LogP contribution >= 0.6 is 0 Å². The van der Waals surface area contributed by atoms with E-state index in [2.05, 4.69) is 56.3 Å². The largest absolute Gasteiger partial charge is 0.0622 e. The summed E-state index contributed by atoms with van der Waals surface area (Å²) in [4.78, 5) is 0. The van der Waals surface area contributed by atoms with Crippen molar-refractivity contribution in [3.63, 3.8) is 0 Å². The van der Waals surface area contributed by atoms with Gasteiger partial charge in [0.2, 0.25) is 0 Å². The van der Waals surface area contributed by atoms with Gasteiger partial charge in [0, 0.05) is 0 Å². The van der Waals surface area contributed by atoms with E-state index in [1.807, 2.05) is 0 Å². The first-order valence-corrected chi connectivity index (χ1v) is 7.38.